The van der Waals surface area contributed by atoms with Gasteiger partial charge < -0.3 is 14.8 Å². The Kier molecular flexibility index (Phi) is 6.35. The molecule has 2 heterocycles. The number of unbranched alkanes of at least 4 members (excludes halogenated alkanes) is 2. The van der Waals surface area contributed by atoms with Gasteiger partial charge in [0, 0.05) is 11.1 Å². The molecule has 2 aliphatic heterocycles. The van der Waals surface area contributed by atoms with Gasteiger partial charge in [-0.3, -0.25) is 0 Å². The van der Waals surface area contributed by atoms with E-state index >= 15 is 0 Å². The summed E-state index contributed by atoms with van der Waals surface area (Å²) in [5.74, 6) is 0.824. The van der Waals surface area contributed by atoms with Crippen molar-refractivity contribution >= 4 is 11.9 Å². The van der Waals surface area contributed by atoms with E-state index in [1.807, 2.05) is 12.2 Å². The molecular weight excluding hydrogens is 294 g/mol. The summed E-state index contributed by atoms with van der Waals surface area (Å²) in [6.07, 6.45) is 11.2. The van der Waals surface area contributed by atoms with Crippen LogP contribution in [0.3, 0.4) is 0 Å². The lowest BCUT2D eigenvalue weighted by Gasteiger charge is -2.02. The average molecular weight is 317 g/mol. The first-order valence-electron chi connectivity index (χ1n) is 7.98. The van der Waals surface area contributed by atoms with Crippen molar-refractivity contribution in [3.63, 3.8) is 0 Å². The fourth-order valence-corrected chi connectivity index (χ4v) is 2.25. The van der Waals surface area contributed by atoms with Crippen molar-refractivity contribution in [2.24, 2.45) is 0 Å². The van der Waals surface area contributed by atoms with E-state index in [1.165, 1.54) is 0 Å². The third-order valence-electron chi connectivity index (χ3n) is 3.59. The highest BCUT2D eigenvalue weighted by Crippen LogP contribution is 2.17. The zero-order valence-electron chi connectivity index (χ0n) is 13.7. The number of hydrogen-bond donors (Lipinski definition) is 1. The van der Waals surface area contributed by atoms with Gasteiger partial charge >= 0.3 is 11.9 Å². The highest BCUT2D eigenvalue weighted by atomic mass is 16.5. The molecule has 0 atom stereocenters. The monoisotopic (exact) mass is 317 g/mol. The van der Waals surface area contributed by atoms with Crippen LogP contribution in [0.25, 0.3) is 0 Å². The fraction of sp³-hybridized carbons (Fsp3) is 0.444. The number of cyclic esters (lactones) is 2. The summed E-state index contributed by atoms with van der Waals surface area (Å²) < 4.78 is 10.1. The lowest BCUT2D eigenvalue weighted by Crippen LogP contribution is -2.16. The Morgan fingerprint density at radius 1 is 0.870 bits per heavy atom. The summed E-state index contributed by atoms with van der Waals surface area (Å²) in [6.45, 7) is 5.35. The van der Waals surface area contributed by atoms with Gasteiger partial charge in [0.1, 0.15) is 11.5 Å². The van der Waals surface area contributed by atoms with Crippen LogP contribution in [0, 0.1) is 0 Å². The van der Waals surface area contributed by atoms with Gasteiger partial charge in [-0.25, -0.2) is 9.59 Å². The van der Waals surface area contributed by atoms with E-state index in [0.29, 0.717) is 22.7 Å². The molecule has 0 aromatic heterocycles. The van der Waals surface area contributed by atoms with Crippen molar-refractivity contribution in [2.75, 3.05) is 13.1 Å². The molecule has 0 amide bonds. The van der Waals surface area contributed by atoms with Crippen LogP contribution in [0.4, 0.5) is 0 Å². The van der Waals surface area contributed by atoms with E-state index in [4.69, 9.17) is 9.47 Å². The predicted octanol–water partition coefficient (Wildman–Crippen LogP) is 2.91. The Bertz CT molecular complexity index is 544. The van der Waals surface area contributed by atoms with Crippen LogP contribution in [-0.2, 0) is 19.1 Å². The minimum Gasteiger partial charge on any atom is -0.424 e. The summed E-state index contributed by atoms with van der Waals surface area (Å²) in [5.41, 5.74) is 1.31. The lowest BCUT2D eigenvalue weighted by atomic mass is 10.2. The van der Waals surface area contributed by atoms with Crippen molar-refractivity contribution in [1.82, 2.24) is 5.32 Å². The van der Waals surface area contributed by atoms with Gasteiger partial charge in [0.15, 0.2) is 0 Å². The molecule has 0 saturated carbocycles. The van der Waals surface area contributed by atoms with Gasteiger partial charge in [-0.15, -0.1) is 0 Å². The Hall–Kier alpha value is -2.14. The van der Waals surface area contributed by atoms with Crippen LogP contribution in [0.2, 0.25) is 0 Å². The Morgan fingerprint density at radius 3 is 1.65 bits per heavy atom. The number of esters is 2. The molecule has 0 aliphatic carbocycles. The summed E-state index contributed by atoms with van der Waals surface area (Å²) in [7, 11) is 0. The number of nitrogens with one attached hydrogen (secondary N) is 1. The van der Waals surface area contributed by atoms with Gasteiger partial charge in [-0.05, 0) is 76.9 Å². The summed E-state index contributed by atoms with van der Waals surface area (Å²) >= 11 is 0. The quantitative estimate of drug-likeness (QED) is 0.551. The first-order valence-corrected chi connectivity index (χ1v) is 7.98. The molecule has 1 N–H and O–H groups in total. The standard InChI is InChI=1S/C18H23NO4/c1-13-11-15(22-17(13)20)7-3-5-9-19-10-6-4-8-16-12-14(2)18(21)23-16/h7-8,11-12,19H,3-6,9-10H2,1-2H3. The molecule has 0 saturated heterocycles. The van der Waals surface area contributed by atoms with Crippen molar-refractivity contribution in [3.05, 3.63) is 47.0 Å². The van der Waals surface area contributed by atoms with Crippen molar-refractivity contribution in [2.45, 2.75) is 39.5 Å². The lowest BCUT2D eigenvalue weighted by molar-refractivity contribution is -0.134. The SMILES string of the molecule is CC1=CC(=CCCCNCCCC=C2C=C(C)C(=O)O2)OC1=O. The van der Waals surface area contributed by atoms with Crippen LogP contribution in [0.5, 0.6) is 0 Å². The number of rotatable bonds is 8. The molecular formula is C18H23NO4. The van der Waals surface area contributed by atoms with Crippen LogP contribution in [0.15, 0.2) is 47.0 Å². The number of allylic oxidation sites excluding steroid dienone is 4. The molecule has 0 bridgehead atoms. The van der Waals surface area contributed by atoms with E-state index in [0.717, 1.165) is 38.8 Å². The number of hydrogen-bond acceptors (Lipinski definition) is 5. The molecule has 0 spiro atoms. The topological polar surface area (TPSA) is 64.6 Å². The van der Waals surface area contributed by atoms with Crippen molar-refractivity contribution < 1.29 is 19.1 Å². The van der Waals surface area contributed by atoms with Crippen molar-refractivity contribution in [1.29, 1.82) is 0 Å². The fourth-order valence-electron chi connectivity index (χ4n) is 2.25. The highest BCUT2D eigenvalue weighted by Gasteiger charge is 2.16. The van der Waals surface area contributed by atoms with Crippen LogP contribution in [0.1, 0.15) is 39.5 Å². The largest absolute Gasteiger partial charge is 0.424 e. The molecule has 0 fully saturated rings. The van der Waals surface area contributed by atoms with Gasteiger partial charge in [0.2, 0.25) is 0 Å². The Morgan fingerprint density at radius 2 is 1.30 bits per heavy atom. The van der Waals surface area contributed by atoms with Crippen molar-refractivity contribution in [3.8, 4) is 0 Å². The third kappa shape index (κ3) is 5.53. The smallest absolute Gasteiger partial charge is 0.339 e. The van der Waals surface area contributed by atoms with E-state index in [-0.39, 0.29) is 11.9 Å². The minimum atomic E-state index is -0.249. The van der Waals surface area contributed by atoms with E-state index in [1.54, 1.807) is 26.0 Å². The molecule has 2 rings (SSSR count). The molecule has 23 heavy (non-hydrogen) atoms. The average Bonchev–Trinajstić information content (AvgIpc) is 2.99. The Labute approximate surface area is 136 Å². The maximum absolute atomic E-state index is 11.2. The highest BCUT2D eigenvalue weighted by molar-refractivity contribution is 5.92. The van der Waals surface area contributed by atoms with E-state index < -0.39 is 0 Å². The zero-order chi connectivity index (χ0) is 16.7. The van der Waals surface area contributed by atoms with Gasteiger partial charge in [0.25, 0.3) is 0 Å². The first kappa shape index (κ1) is 17.2. The van der Waals surface area contributed by atoms with Crippen LogP contribution >= 0.6 is 0 Å². The molecule has 0 aromatic rings. The number of ether oxygens (including phenoxy) is 2. The second-order valence-corrected chi connectivity index (χ2v) is 5.68. The number of carbonyl (C=O) groups is 2. The molecule has 2 aliphatic rings. The molecule has 5 nitrogen and oxygen atoms in total. The molecule has 5 heteroatoms. The predicted molar refractivity (Wildman–Crippen MR) is 87.2 cm³/mol. The second-order valence-electron chi connectivity index (χ2n) is 5.68. The molecule has 124 valence electrons. The first-order chi connectivity index (χ1) is 11.1. The van der Waals surface area contributed by atoms with Gasteiger partial charge in [-0.1, -0.05) is 0 Å². The second kappa shape index (κ2) is 8.48. The zero-order valence-corrected chi connectivity index (χ0v) is 13.7. The summed E-state index contributed by atoms with van der Waals surface area (Å²) in [4.78, 5) is 22.3. The maximum Gasteiger partial charge on any atom is 0.339 e. The minimum absolute atomic E-state index is 0.249. The summed E-state index contributed by atoms with van der Waals surface area (Å²) in [5, 5.41) is 3.37. The van der Waals surface area contributed by atoms with Crippen LogP contribution < -0.4 is 5.32 Å². The summed E-state index contributed by atoms with van der Waals surface area (Å²) in [6, 6.07) is 0. The van der Waals surface area contributed by atoms with Gasteiger partial charge in [0.05, 0.1) is 0 Å². The van der Waals surface area contributed by atoms with Crippen LogP contribution in [-0.4, -0.2) is 25.0 Å². The number of carbonyl (C=O) groups excluding carboxylic acids is 2. The molecule has 0 radical (unpaired) electrons. The Balaban J connectivity index is 1.49. The van der Waals surface area contributed by atoms with E-state index in [2.05, 4.69) is 5.32 Å². The molecule has 0 unspecified atom stereocenters. The maximum atomic E-state index is 11.2. The molecule has 0 aromatic carbocycles. The van der Waals surface area contributed by atoms with Gasteiger partial charge in [-0.2, -0.15) is 0 Å². The van der Waals surface area contributed by atoms with E-state index in [9.17, 15) is 9.59 Å². The normalized spacial score (nSPS) is 20.8. The third-order valence-corrected chi connectivity index (χ3v) is 3.59.